The largest absolute Gasteiger partial charge is 0.480 e. The van der Waals surface area contributed by atoms with E-state index in [1.165, 1.54) is 4.90 Å². The van der Waals surface area contributed by atoms with Gasteiger partial charge in [-0.05, 0) is 33.2 Å². The Morgan fingerprint density at radius 3 is 2.31 bits per heavy atom. The van der Waals surface area contributed by atoms with Gasteiger partial charge in [0.1, 0.15) is 6.54 Å². The number of carboxylic acids is 1. The summed E-state index contributed by atoms with van der Waals surface area (Å²) in [6.07, 6.45) is 3.01. The summed E-state index contributed by atoms with van der Waals surface area (Å²) in [6.45, 7) is 4.06. The van der Waals surface area contributed by atoms with Gasteiger partial charge in [-0.3, -0.25) is 9.59 Å². The molecular formula is C11H22N2O3. The Morgan fingerprint density at radius 2 is 1.88 bits per heavy atom. The van der Waals surface area contributed by atoms with Crippen LogP contribution in [-0.2, 0) is 9.59 Å². The summed E-state index contributed by atoms with van der Waals surface area (Å²) in [5.74, 6) is -1.06. The summed E-state index contributed by atoms with van der Waals surface area (Å²) >= 11 is 0. The average Bonchev–Trinajstić information content (AvgIpc) is 2.20. The Bertz CT molecular complexity index is 229. The van der Waals surface area contributed by atoms with Gasteiger partial charge in [0.15, 0.2) is 0 Å². The van der Waals surface area contributed by atoms with E-state index in [2.05, 4.69) is 0 Å². The van der Waals surface area contributed by atoms with E-state index in [1.54, 1.807) is 0 Å². The van der Waals surface area contributed by atoms with Crippen molar-refractivity contribution in [3.63, 3.8) is 0 Å². The predicted octanol–water partition coefficient (Wildman–Crippen LogP) is 0.827. The standard InChI is InChI=1S/C11H22N2O3/c1-9(2)13(8-11(15)16)10(14)6-4-3-5-7-12/h9H,3-8,12H2,1-2H3,(H,15,16). The molecule has 0 rings (SSSR count). The number of carbonyl (C=O) groups is 2. The molecule has 5 heteroatoms. The highest BCUT2D eigenvalue weighted by atomic mass is 16.4. The summed E-state index contributed by atoms with van der Waals surface area (Å²) in [5, 5.41) is 8.68. The van der Waals surface area contributed by atoms with Gasteiger partial charge in [-0.2, -0.15) is 0 Å². The molecule has 0 radical (unpaired) electrons. The van der Waals surface area contributed by atoms with Crippen LogP contribution in [-0.4, -0.2) is 41.0 Å². The van der Waals surface area contributed by atoms with E-state index in [4.69, 9.17) is 10.8 Å². The molecule has 0 aromatic heterocycles. The lowest BCUT2D eigenvalue weighted by atomic mass is 10.1. The Kier molecular flexibility index (Phi) is 7.54. The number of carboxylic acid groups (broad SMARTS) is 1. The molecule has 0 spiro atoms. The van der Waals surface area contributed by atoms with E-state index < -0.39 is 5.97 Å². The lowest BCUT2D eigenvalue weighted by Crippen LogP contribution is -2.40. The molecule has 16 heavy (non-hydrogen) atoms. The first-order chi connectivity index (χ1) is 7.49. The first-order valence-corrected chi connectivity index (χ1v) is 5.70. The van der Waals surface area contributed by atoms with Crippen molar-refractivity contribution in [2.75, 3.05) is 13.1 Å². The molecule has 0 aromatic carbocycles. The second kappa shape index (κ2) is 8.10. The highest BCUT2D eigenvalue weighted by Gasteiger charge is 2.18. The normalized spacial score (nSPS) is 10.5. The predicted molar refractivity (Wildman–Crippen MR) is 62.0 cm³/mol. The maximum absolute atomic E-state index is 11.7. The summed E-state index contributed by atoms with van der Waals surface area (Å²) in [7, 11) is 0. The SMILES string of the molecule is CC(C)N(CC(=O)O)C(=O)CCCCCN. The lowest BCUT2D eigenvalue weighted by molar-refractivity contribution is -0.145. The van der Waals surface area contributed by atoms with E-state index >= 15 is 0 Å². The van der Waals surface area contributed by atoms with Crippen LogP contribution in [0.1, 0.15) is 39.5 Å². The highest BCUT2D eigenvalue weighted by molar-refractivity contribution is 5.81. The lowest BCUT2D eigenvalue weighted by Gasteiger charge is -2.24. The van der Waals surface area contributed by atoms with Gasteiger partial charge >= 0.3 is 5.97 Å². The zero-order chi connectivity index (χ0) is 12.6. The van der Waals surface area contributed by atoms with Gasteiger partial charge in [0.05, 0.1) is 0 Å². The Hall–Kier alpha value is -1.10. The van der Waals surface area contributed by atoms with Gasteiger partial charge in [-0.25, -0.2) is 0 Å². The van der Waals surface area contributed by atoms with Crippen LogP contribution in [0.4, 0.5) is 0 Å². The van der Waals surface area contributed by atoms with Crippen molar-refractivity contribution in [1.82, 2.24) is 4.90 Å². The molecule has 0 aliphatic heterocycles. The fourth-order valence-electron chi connectivity index (χ4n) is 1.45. The highest BCUT2D eigenvalue weighted by Crippen LogP contribution is 2.06. The van der Waals surface area contributed by atoms with Gasteiger partial charge in [0.25, 0.3) is 0 Å². The molecule has 0 aliphatic rings. The number of amides is 1. The fourth-order valence-corrected chi connectivity index (χ4v) is 1.45. The second-order valence-electron chi connectivity index (χ2n) is 4.11. The van der Waals surface area contributed by atoms with Gasteiger partial charge in [0, 0.05) is 12.5 Å². The number of nitrogens with two attached hydrogens (primary N) is 1. The van der Waals surface area contributed by atoms with Crippen molar-refractivity contribution in [2.45, 2.75) is 45.6 Å². The molecule has 94 valence electrons. The van der Waals surface area contributed by atoms with Crippen molar-refractivity contribution >= 4 is 11.9 Å². The number of rotatable bonds is 8. The van der Waals surface area contributed by atoms with Crippen LogP contribution in [0.25, 0.3) is 0 Å². The van der Waals surface area contributed by atoms with Gasteiger partial charge in [-0.1, -0.05) is 6.42 Å². The number of hydrogen-bond acceptors (Lipinski definition) is 3. The molecular weight excluding hydrogens is 208 g/mol. The molecule has 0 saturated heterocycles. The van der Waals surface area contributed by atoms with Crippen LogP contribution in [0, 0.1) is 0 Å². The molecule has 0 unspecified atom stereocenters. The summed E-state index contributed by atoms with van der Waals surface area (Å²) in [4.78, 5) is 23.7. The number of unbranched alkanes of at least 4 members (excludes halogenated alkanes) is 2. The first-order valence-electron chi connectivity index (χ1n) is 5.70. The monoisotopic (exact) mass is 230 g/mol. The number of aliphatic carboxylic acids is 1. The molecule has 0 aliphatic carbocycles. The molecule has 5 nitrogen and oxygen atoms in total. The molecule has 3 N–H and O–H groups in total. The van der Waals surface area contributed by atoms with Crippen LogP contribution in [0.15, 0.2) is 0 Å². The van der Waals surface area contributed by atoms with E-state index in [9.17, 15) is 9.59 Å². The first kappa shape index (κ1) is 14.9. The van der Waals surface area contributed by atoms with Crippen molar-refractivity contribution in [3.05, 3.63) is 0 Å². The molecule has 0 bridgehead atoms. The smallest absolute Gasteiger partial charge is 0.323 e. The van der Waals surface area contributed by atoms with Crippen LogP contribution < -0.4 is 5.73 Å². The van der Waals surface area contributed by atoms with Crippen LogP contribution in [0.5, 0.6) is 0 Å². The molecule has 0 heterocycles. The molecule has 0 atom stereocenters. The number of nitrogens with zero attached hydrogens (tertiary/aromatic N) is 1. The summed E-state index contributed by atoms with van der Waals surface area (Å²) in [6, 6.07) is -0.0712. The van der Waals surface area contributed by atoms with Crippen LogP contribution >= 0.6 is 0 Å². The third-order valence-electron chi connectivity index (χ3n) is 2.34. The maximum atomic E-state index is 11.7. The van der Waals surface area contributed by atoms with Crippen molar-refractivity contribution in [1.29, 1.82) is 0 Å². The molecule has 0 aromatic rings. The van der Waals surface area contributed by atoms with Crippen molar-refractivity contribution in [3.8, 4) is 0 Å². The molecule has 1 amide bonds. The second-order valence-corrected chi connectivity index (χ2v) is 4.11. The minimum Gasteiger partial charge on any atom is -0.480 e. The zero-order valence-corrected chi connectivity index (χ0v) is 10.1. The van der Waals surface area contributed by atoms with Crippen LogP contribution in [0.3, 0.4) is 0 Å². The maximum Gasteiger partial charge on any atom is 0.323 e. The van der Waals surface area contributed by atoms with E-state index in [1.807, 2.05) is 13.8 Å². The minimum absolute atomic E-state index is 0.0712. The number of carbonyl (C=O) groups excluding carboxylic acids is 1. The van der Waals surface area contributed by atoms with Crippen molar-refractivity contribution < 1.29 is 14.7 Å². The van der Waals surface area contributed by atoms with Gasteiger partial charge in [0.2, 0.25) is 5.91 Å². The average molecular weight is 230 g/mol. The molecule has 0 saturated carbocycles. The van der Waals surface area contributed by atoms with Gasteiger partial charge < -0.3 is 15.7 Å². The van der Waals surface area contributed by atoms with E-state index in [0.717, 1.165) is 19.3 Å². The fraction of sp³-hybridized carbons (Fsp3) is 0.818. The molecule has 0 fully saturated rings. The van der Waals surface area contributed by atoms with E-state index in [-0.39, 0.29) is 18.5 Å². The Balaban J connectivity index is 4.02. The third-order valence-corrected chi connectivity index (χ3v) is 2.34. The third kappa shape index (κ3) is 6.40. The summed E-state index contributed by atoms with van der Waals surface area (Å²) in [5.41, 5.74) is 5.35. The Morgan fingerprint density at radius 1 is 1.25 bits per heavy atom. The summed E-state index contributed by atoms with van der Waals surface area (Å²) < 4.78 is 0. The van der Waals surface area contributed by atoms with Crippen LogP contribution in [0.2, 0.25) is 0 Å². The van der Waals surface area contributed by atoms with Crippen molar-refractivity contribution in [2.24, 2.45) is 5.73 Å². The zero-order valence-electron chi connectivity index (χ0n) is 10.1. The number of hydrogen-bond donors (Lipinski definition) is 2. The Labute approximate surface area is 96.6 Å². The minimum atomic E-state index is -0.969. The van der Waals surface area contributed by atoms with E-state index in [0.29, 0.717) is 13.0 Å². The van der Waals surface area contributed by atoms with Gasteiger partial charge in [-0.15, -0.1) is 0 Å². The quantitative estimate of drug-likeness (QED) is 0.605. The topological polar surface area (TPSA) is 83.6 Å².